The Morgan fingerprint density at radius 1 is 0.931 bits per heavy atom. The molecule has 1 aliphatic heterocycles. The minimum atomic E-state index is -0.190. The van der Waals surface area contributed by atoms with E-state index in [2.05, 4.69) is 28.0 Å². The summed E-state index contributed by atoms with van der Waals surface area (Å²) >= 11 is 0. The van der Waals surface area contributed by atoms with Gasteiger partial charge in [0, 0.05) is 38.1 Å². The molecule has 0 unspecified atom stereocenters. The topological polar surface area (TPSA) is 26.8 Å². The zero-order valence-electron chi connectivity index (χ0n) is 16.7. The second-order valence-electron chi connectivity index (χ2n) is 7.35. The van der Waals surface area contributed by atoms with Crippen LogP contribution in [0.3, 0.4) is 0 Å². The fourth-order valence-corrected chi connectivity index (χ4v) is 4.06. The maximum atomic E-state index is 14.0. The van der Waals surface area contributed by atoms with Crippen LogP contribution in [0.1, 0.15) is 6.92 Å². The van der Waals surface area contributed by atoms with Gasteiger partial charge in [-0.25, -0.2) is 4.39 Å². The van der Waals surface area contributed by atoms with Gasteiger partial charge in [0.1, 0.15) is 5.82 Å². The molecule has 150 valence electrons. The van der Waals surface area contributed by atoms with Crippen molar-refractivity contribution in [3.63, 3.8) is 0 Å². The van der Waals surface area contributed by atoms with E-state index in [0.717, 1.165) is 29.5 Å². The van der Waals surface area contributed by atoms with Gasteiger partial charge in [0.25, 0.3) is 0 Å². The molecule has 0 spiro atoms. The van der Waals surface area contributed by atoms with Crippen molar-refractivity contribution in [1.29, 1.82) is 0 Å². The van der Waals surface area contributed by atoms with E-state index in [-0.39, 0.29) is 11.7 Å². The number of nitrogens with zero attached hydrogens (tertiary/aromatic N) is 3. The van der Waals surface area contributed by atoms with E-state index >= 15 is 0 Å². The number of hydrogen-bond donors (Lipinski definition) is 0. The number of carbonyl (C=O) groups excluding carboxylic acids is 1. The zero-order chi connectivity index (χ0) is 20.2. The third-order valence-corrected chi connectivity index (χ3v) is 5.60. The maximum Gasteiger partial charge on any atom is 0.241 e. The number of carbonyl (C=O) groups is 1. The van der Waals surface area contributed by atoms with Gasteiger partial charge in [0.05, 0.1) is 17.9 Å². The van der Waals surface area contributed by atoms with Crippen LogP contribution in [0, 0.1) is 5.82 Å². The highest BCUT2D eigenvalue weighted by atomic mass is 19.1. The van der Waals surface area contributed by atoms with Crippen LogP contribution in [-0.4, -0.2) is 50.1 Å². The maximum absolute atomic E-state index is 14.0. The Bertz CT molecular complexity index is 993. The largest absolute Gasteiger partial charge is 0.367 e. The predicted molar refractivity (Wildman–Crippen MR) is 117 cm³/mol. The van der Waals surface area contributed by atoms with Crippen molar-refractivity contribution >= 4 is 28.1 Å². The van der Waals surface area contributed by atoms with Crippen LogP contribution in [0.25, 0.3) is 10.8 Å². The first-order chi connectivity index (χ1) is 14.2. The second-order valence-corrected chi connectivity index (χ2v) is 7.35. The van der Waals surface area contributed by atoms with Crippen molar-refractivity contribution in [2.45, 2.75) is 6.92 Å². The molecule has 29 heavy (non-hydrogen) atoms. The number of hydrogen-bond acceptors (Lipinski definition) is 3. The van der Waals surface area contributed by atoms with Gasteiger partial charge in [-0.05, 0) is 30.5 Å². The van der Waals surface area contributed by atoms with Gasteiger partial charge >= 0.3 is 0 Å². The van der Waals surface area contributed by atoms with Crippen LogP contribution < -0.4 is 9.80 Å². The molecular weight excluding hydrogens is 365 g/mol. The minimum absolute atomic E-state index is 0.100. The van der Waals surface area contributed by atoms with Crippen LogP contribution in [0.2, 0.25) is 0 Å². The summed E-state index contributed by atoms with van der Waals surface area (Å²) in [5, 5.41) is 2.23. The fourth-order valence-electron chi connectivity index (χ4n) is 4.06. The highest BCUT2D eigenvalue weighted by Crippen LogP contribution is 2.27. The molecule has 4 nitrogen and oxygen atoms in total. The number of anilines is 2. The quantitative estimate of drug-likeness (QED) is 0.654. The standard InChI is InChI=1S/C24H26FN3O/c1-2-28(22-13-7-9-19-8-3-4-10-20(19)22)24(29)18-26-14-16-27(17-15-26)23-12-6-5-11-21(23)25/h3-13H,2,14-18H2,1H3. The lowest BCUT2D eigenvalue weighted by Crippen LogP contribution is -2.50. The van der Waals surface area contributed by atoms with E-state index < -0.39 is 0 Å². The Kier molecular flexibility index (Phi) is 5.76. The molecule has 0 bridgehead atoms. The molecular formula is C24H26FN3O. The minimum Gasteiger partial charge on any atom is -0.367 e. The van der Waals surface area contributed by atoms with Crippen molar-refractivity contribution < 1.29 is 9.18 Å². The van der Waals surface area contributed by atoms with Crippen molar-refractivity contribution in [3.8, 4) is 0 Å². The van der Waals surface area contributed by atoms with Crippen molar-refractivity contribution in [2.75, 3.05) is 49.1 Å². The molecule has 4 rings (SSSR count). The zero-order valence-corrected chi connectivity index (χ0v) is 16.7. The van der Waals surface area contributed by atoms with E-state index in [9.17, 15) is 9.18 Å². The lowest BCUT2D eigenvalue weighted by Gasteiger charge is -2.36. The number of piperazine rings is 1. The van der Waals surface area contributed by atoms with E-state index in [0.29, 0.717) is 31.9 Å². The van der Waals surface area contributed by atoms with Gasteiger partial charge < -0.3 is 9.80 Å². The molecule has 1 heterocycles. The van der Waals surface area contributed by atoms with Gasteiger partial charge in [0.15, 0.2) is 0 Å². The number of fused-ring (bicyclic) bond motifs is 1. The molecule has 0 saturated carbocycles. The number of likely N-dealkylation sites (N-methyl/N-ethyl adjacent to an activating group) is 1. The number of amides is 1. The summed E-state index contributed by atoms with van der Waals surface area (Å²) in [5.74, 6) is -0.0895. The van der Waals surface area contributed by atoms with E-state index in [1.807, 2.05) is 48.2 Å². The monoisotopic (exact) mass is 391 g/mol. The summed E-state index contributed by atoms with van der Waals surface area (Å²) < 4.78 is 14.0. The van der Waals surface area contributed by atoms with E-state index in [4.69, 9.17) is 0 Å². The molecule has 1 aliphatic rings. The molecule has 0 N–H and O–H groups in total. The van der Waals surface area contributed by atoms with Gasteiger partial charge in [-0.2, -0.15) is 0 Å². The third kappa shape index (κ3) is 4.10. The number of halogens is 1. The van der Waals surface area contributed by atoms with Crippen LogP contribution in [0.5, 0.6) is 0 Å². The summed E-state index contributed by atoms with van der Waals surface area (Å²) in [5.41, 5.74) is 1.60. The third-order valence-electron chi connectivity index (χ3n) is 5.60. The van der Waals surface area contributed by atoms with Gasteiger partial charge in [0.2, 0.25) is 5.91 Å². The second kappa shape index (κ2) is 8.62. The Morgan fingerprint density at radius 2 is 1.62 bits per heavy atom. The summed E-state index contributed by atoms with van der Waals surface area (Å²) in [7, 11) is 0. The van der Waals surface area contributed by atoms with E-state index in [1.54, 1.807) is 6.07 Å². The Labute approximate surface area is 171 Å². The highest BCUT2D eigenvalue weighted by Gasteiger charge is 2.23. The van der Waals surface area contributed by atoms with Gasteiger partial charge in [-0.3, -0.25) is 9.69 Å². The predicted octanol–water partition coefficient (Wildman–Crippen LogP) is 4.15. The van der Waals surface area contributed by atoms with Gasteiger partial charge in [-0.1, -0.05) is 48.5 Å². The van der Waals surface area contributed by atoms with E-state index in [1.165, 1.54) is 6.07 Å². The summed E-state index contributed by atoms with van der Waals surface area (Å²) in [4.78, 5) is 19.2. The smallest absolute Gasteiger partial charge is 0.241 e. The van der Waals surface area contributed by atoms with Crippen molar-refractivity contribution in [2.24, 2.45) is 0 Å². The molecule has 0 radical (unpaired) electrons. The average Bonchev–Trinajstić information content (AvgIpc) is 2.75. The first-order valence-corrected chi connectivity index (χ1v) is 10.2. The molecule has 3 aromatic carbocycles. The average molecular weight is 391 g/mol. The normalized spacial score (nSPS) is 14.9. The summed E-state index contributed by atoms with van der Waals surface area (Å²) in [6.45, 7) is 5.93. The Balaban J connectivity index is 1.43. The first-order valence-electron chi connectivity index (χ1n) is 10.2. The lowest BCUT2D eigenvalue weighted by molar-refractivity contribution is -0.119. The molecule has 0 atom stereocenters. The lowest BCUT2D eigenvalue weighted by atomic mass is 10.1. The first kappa shape index (κ1) is 19.4. The summed E-state index contributed by atoms with van der Waals surface area (Å²) in [6, 6.07) is 21.1. The highest BCUT2D eigenvalue weighted by molar-refractivity contribution is 6.04. The van der Waals surface area contributed by atoms with Crippen molar-refractivity contribution in [1.82, 2.24) is 4.90 Å². The molecule has 1 amide bonds. The Morgan fingerprint density at radius 3 is 2.38 bits per heavy atom. The Hall–Kier alpha value is -2.92. The molecule has 1 fully saturated rings. The van der Waals surface area contributed by atoms with Crippen LogP contribution in [0.15, 0.2) is 66.7 Å². The number of benzene rings is 3. The number of para-hydroxylation sites is 1. The van der Waals surface area contributed by atoms with Crippen LogP contribution in [0.4, 0.5) is 15.8 Å². The molecule has 0 aliphatic carbocycles. The van der Waals surface area contributed by atoms with Crippen molar-refractivity contribution in [3.05, 3.63) is 72.5 Å². The SMILES string of the molecule is CCN(C(=O)CN1CCN(c2ccccc2F)CC1)c1cccc2ccccc12. The molecule has 0 aromatic heterocycles. The molecule has 1 saturated heterocycles. The van der Waals surface area contributed by atoms with Gasteiger partial charge in [-0.15, -0.1) is 0 Å². The van der Waals surface area contributed by atoms with Crippen LogP contribution >= 0.6 is 0 Å². The van der Waals surface area contributed by atoms with Crippen LogP contribution in [-0.2, 0) is 4.79 Å². The summed E-state index contributed by atoms with van der Waals surface area (Å²) in [6.07, 6.45) is 0. The number of rotatable bonds is 5. The molecule has 3 aromatic rings. The molecule has 5 heteroatoms. The fraction of sp³-hybridized carbons (Fsp3) is 0.292.